The number of hydrogen-bond donors (Lipinski definition) is 0. The van der Waals surface area contributed by atoms with Gasteiger partial charge in [0.2, 0.25) is 0 Å². The third-order valence-corrected chi connectivity index (χ3v) is 4.91. The van der Waals surface area contributed by atoms with Gasteiger partial charge in [0.25, 0.3) is 0 Å². The number of fused-ring (bicyclic) bond motifs is 3. The van der Waals surface area contributed by atoms with Gasteiger partial charge in [0.1, 0.15) is 5.15 Å². The molecule has 0 unspecified atom stereocenters. The SMILES string of the molecule is Clc1nccc2c1sc1c(Br)cccc12. The average molecular weight is 299 g/mol. The molecule has 0 saturated carbocycles. The lowest BCUT2D eigenvalue weighted by Gasteiger charge is -1.92. The van der Waals surface area contributed by atoms with Gasteiger partial charge in [-0.3, -0.25) is 0 Å². The summed E-state index contributed by atoms with van der Waals surface area (Å²) >= 11 is 11.3. The summed E-state index contributed by atoms with van der Waals surface area (Å²) in [7, 11) is 0. The highest BCUT2D eigenvalue weighted by Gasteiger charge is 2.09. The first-order valence-corrected chi connectivity index (χ1v) is 6.37. The van der Waals surface area contributed by atoms with Gasteiger partial charge in [0.05, 0.1) is 4.70 Å². The summed E-state index contributed by atoms with van der Waals surface area (Å²) in [4.78, 5) is 4.09. The number of nitrogens with zero attached hydrogens (tertiary/aromatic N) is 1. The third-order valence-electron chi connectivity index (χ3n) is 2.32. The lowest BCUT2D eigenvalue weighted by atomic mass is 10.2. The number of aromatic nitrogens is 1. The van der Waals surface area contributed by atoms with Crippen molar-refractivity contribution in [2.75, 3.05) is 0 Å². The highest BCUT2D eigenvalue weighted by molar-refractivity contribution is 9.10. The van der Waals surface area contributed by atoms with Crippen LogP contribution in [0.15, 0.2) is 34.9 Å². The molecule has 3 aromatic rings. The fourth-order valence-corrected chi connectivity index (χ4v) is 3.62. The van der Waals surface area contributed by atoms with Crippen LogP contribution >= 0.6 is 38.9 Å². The predicted octanol–water partition coefficient (Wildman–Crippen LogP) is 4.87. The molecule has 74 valence electrons. The van der Waals surface area contributed by atoms with Crippen LogP contribution in [0.5, 0.6) is 0 Å². The molecular weight excluding hydrogens is 294 g/mol. The van der Waals surface area contributed by atoms with E-state index in [0.717, 1.165) is 9.17 Å². The van der Waals surface area contributed by atoms with Gasteiger partial charge in [0.15, 0.2) is 0 Å². The second-order valence-corrected chi connectivity index (χ2v) is 5.43. The van der Waals surface area contributed by atoms with Gasteiger partial charge >= 0.3 is 0 Å². The van der Waals surface area contributed by atoms with Crippen molar-refractivity contribution in [1.29, 1.82) is 0 Å². The van der Waals surface area contributed by atoms with Crippen molar-refractivity contribution in [3.63, 3.8) is 0 Å². The van der Waals surface area contributed by atoms with E-state index in [2.05, 4.69) is 27.0 Å². The maximum Gasteiger partial charge on any atom is 0.146 e. The third kappa shape index (κ3) is 1.38. The molecule has 0 aliphatic carbocycles. The van der Waals surface area contributed by atoms with Crippen LogP contribution in [0.3, 0.4) is 0 Å². The molecule has 0 bridgehead atoms. The first-order valence-electron chi connectivity index (χ1n) is 4.38. The largest absolute Gasteiger partial charge is 0.243 e. The monoisotopic (exact) mass is 297 g/mol. The van der Waals surface area contributed by atoms with E-state index in [9.17, 15) is 0 Å². The lowest BCUT2D eigenvalue weighted by Crippen LogP contribution is -1.72. The fraction of sp³-hybridized carbons (Fsp3) is 0. The van der Waals surface area contributed by atoms with Gasteiger partial charge in [0, 0.05) is 26.1 Å². The number of thiophene rings is 1. The minimum absolute atomic E-state index is 0.584. The van der Waals surface area contributed by atoms with Crippen molar-refractivity contribution in [3.8, 4) is 0 Å². The Labute approximate surface area is 104 Å². The lowest BCUT2D eigenvalue weighted by molar-refractivity contribution is 1.37. The van der Waals surface area contributed by atoms with Gasteiger partial charge in [-0.05, 0) is 28.1 Å². The summed E-state index contributed by atoms with van der Waals surface area (Å²) < 4.78 is 3.39. The molecule has 0 amide bonds. The van der Waals surface area contributed by atoms with E-state index >= 15 is 0 Å². The number of pyridine rings is 1. The molecule has 1 aromatic carbocycles. The fourth-order valence-electron chi connectivity index (χ4n) is 1.66. The molecule has 0 saturated heterocycles. The quantitative estimate of drug-likeness (QED) is 0.540. The van der Waals surface area contributed by atoms with Crippen molar-refractivity contribution in [2.24, 2.45) is 0 Å². The summed E-state index contributed by atoms with van der Waals surface area (Å²) in [5.74, 6) is 0. The summed E-state index contributed by atoms with van der Waals surface area (Å²) in [5.41, 5.74) is 0. The average Bonchev–Trinajstić information content (AvgIpc) is 2.60. The minimum atomic E-state index is 0.584. The van der Waals surface area contributed by atoms with Crippen LogP contribution < -0.4 is 0 Å². The zero-order valence-corrected chi connectivity index (χ0v) is 10.7. The number of hydrogen-bond acceptors (Lipinski definition) is 2. The summed E-state index contributed by atoms with van der Waals surface area (Å²) in [6.45, 7) is 0. The number of halogens is 2. The molecule has 0 atom stereocenters. The first kappa shape index (κ1) is 9.58. The molecule has 2 heterocycles. The topological polar surface area (TPSA) is 12.9 Å². The Hall–Kier alpha value is -0.640. The zero-order chi connectivity index (χ0) is 10.4. The van der Waals surface area contributed by atoms with Crippen LogP contribution in [0.1, 0.15) is 0 Å². The molecule has 1 nitrogen and oxygen atoms in total. The molecule has 3 rings (SSSR count). The van der Waals surface area contributed by atoms with Gasteiger partial charge in [-0.15, -0.1) is 11.3 Å². The van der Waals surface area contributed by atoms with Gasteiger partial charge in [-0.2, -0.15) is 0 Å². The van der Waals surface area contributed by atoms with Crippen molar-refractivity contribution < 1.29 is 0 Å². The van der Waals surface area contributed by atoms with Crippen LogP contribution in [0, 0.1) is 0 Å². The summed E-state index contributed by atoms with van der Waals surface area (Å²) in [6.07, 6.45) is 1.75. The number of rotatable bonds is 0. The predicted molar refractivity (Wildman–Crippen MR) is 69.8 cm³/mol. The molecular formula is C11H5BrClNS. The second-order valence-electron chi connectivity index (χ2n) is 3.20. The molecule has 4 heteroatoms. The van der Waals surface area contributed by atoms with Gasteiger partial charge in [-0.25, -0.2) is 4.98 Å². The second kappa shape index (κ2) is 3.44. The Morgan fingerprint density at radius 3 is 2.80 bits per heavy atom. The summed E-state index contributed by atoms with van der Waals surface area (Å²) in [6, 6.07) is 8.19. The molecule has 0 radical (unpaired) electrons. The molecule has 0 fully saturated rings. The molecule has 0 spiro atoms. The molecule has 0 aliphatic heterocycles. The Morgan fingerprint density at radius 1 is 1.13 bits per heavy atom. The van der Waals surface area contributed by atoms with Crippen LogP contribution in [0.4, 0.5) is 0 Å². The highest BCUT2D eigenvalue weighted by atomic mass is 79.9. The van der Waals surface area contributed by atoms with Crippen molar-refractivity contribution >= 4 is 59.0 Å². The van der Waals surface area contributed by atoms with E-state index < -0.39 is 0 Å². The van der Waals surface area contributed by atoms with E-state index in [1.807, 2.05) is 18.2 Å². The highest BCUT2D eigenvalue weighted by Crippen LogP contribution is 2.39. The van der Waals surface area contributed by atoms with Crippen LogP contribution in [0.2, 0.25) is 5.15 Å². The Balaban J connectivity index is 2.63. The normalized spacial score (nSPS) is 11.3. The van der Waals surface area contributed by atoms with Crippen LogP contribution in [-0.4, -0.2) is 4.98 Å². The van der Waals surface area contributed by atoms with Crippen molar-refractivity contribution in [3.05, 3.63) is 40.1 Å². The van der Waals surface area contributed by atoms with Gasteiger partial charge in [-0.1, -0.05) is 23.7 Å². The van der Waals surface area contributed by atoms with Crippen molar-refractivity contribution in [1.82, 2.24) is 4.98 Å². The first-order chi connectivity index (χ1) is 7.27. The van der Waals surface area contributed by atoms with Crippen molar-refractivity contribution in [2.45, 2.75) is 0 Å². The Kier molecular flexibility index (Phi) is 2.20. The number of benzene rings is 1. The van der Waals surface area contributed by atoms with E-state index in [1.165, 1.54) is 15.5 Å². The minimum Gasteiger partial charge on any atom is -0.243 e. The van der Waals surface area contributed by atoms with Gasteiger partial charge < -0.3 is 0 Å². The Morgan fingerprint density at radius 2 is 1.93 bits per heavy atom. The maximum absolute atomic E-state index is 6.06. The summed E-state index contributed by atoms with van der Waals surface area (Å²) in [5, 5.41) is 2.99. The molecule has 15 heavy (non-hydrogen) atoms. The van der Waals surface area contributed by atoms with Crippen LogP contribution in [0.25, 0.3) is 20.2 Å². The van der Waals surface area contributed by atoms with Crippen LogP contribution in [-0.2, 0) is 0 Å². The zero-order valence-electron chi connectivity index (χ0n) is 7.50. The van der Waals surface area contributed by atoms with E-state index in [0.29, 0.717) is 5.15 Å². The Bertz CT molecular complexity index is 606. The maximum atomic E-state index is 6.06. The van der Waals surface area contributed by atoms with E-state index in [1.54, 1.807) is 17.5 Å². The molecule has 0 N–H and O–H groups in total. The smallest absolute Gasteiger partial charge is 0.146 e. The molecule has 0 aliphatic rings. The molecule has 2 aromatic heterocycles. The van der Waals surface area contributed by atoms with E-state index in [4.69, 9.17) is 11.6 Å². The standard InChI is InChI=1S/C11H5BrClNS/c12-8-3-1-2-6-7-4-5-14-11(13)10(7)15-9(6)8/h1-5H. The van der Waals surface area contributed by atoms with E-state index in [-0.39, 0.29) is 0 Å².